The molecule has 0 aromatic heterocycles. The third kappa shape index (κ3) is 3.06. The van der Waals surface area contributed by atoms with E-state index in [1.807, 2.05) is 0 Å². The van der Waals surface area contributed by atoms with Crippen molar-refractivity contribution in [2.45, 2.75) is 77.0 Å². The molecule has 1 heterocycles. The van der Waals surface area contributed by atoms with Crippen LogP contribution in [-0.2, 0) is 0 Å². The average molecular weight is 254 g/mol. The molecule has 0 amide bonds. The lowest BCUT2D eigenvalue weighted by molar-refractivity contribution is 0.0915. The molecular formula is C15H30N2O. The molecule has 2 rings (SSSR count). The van der Waals surface area contributed by atoms with Crippen molar-refractivity contribution in [1.82, 2.24) is 10.2 Å². The largest absolute Gasteiger partial charge is 0.394 e. The maximum atomic E-state index is 9.68. The fourth-order valence-corrected chi connectivity index (χ4v) is 4.14. The number of hydrogen-bond donors (Lipinski definition) is 2. The van der Waals surface area contributed by atoms with Crippen LogP contribution < -0.4 is 5.32 Å². The van der Waals surface area contributed by atoms with Gasteiger partial charge in [0, 0.05) is 30.2 Å². The van der Waals surface area contributed by atoms with Crippen LogP contribution in [0.4, 0.5) is 0 Å². The Balaban J connectivity index is 1.91. The molecular weight excluding hydrogens is 224 g/mol. The molecule has 3 heteroatoms. The van der Waals surface area contributed by atoms with E-state index in [1.165, 1.54) is 25.8 Å². The van der Waals surface area contributed by atoms with Crippen molar-refractivity contribution in [2.75, 3.05) is 13.2 Å². The summed E-state index contributed by atoms with van der Waals surface area (Å²) in [6, 6.07) is 1.82. The van der Waals surface area contributed by atoms with Gasteiger partial charge in [-0.3, -0.25) is 4.90 Å². The molecule has 18 heavy (non-hydrogen) atoms. The van der Waals surface area contributed by atoms with Crippen molar-refractivity contribution in [3.63, 3.8) is 0 Å². The van der Waals surface area contributed by atoms with Crippen LogP contribution >= 0.6 is 0 Å². The molecule has 3 nitrogen and oxygen atoms in total. The quantitative estimate of drug-likeness (QED) is 0.761. The van der Waals surface area contributed by atoms with Crippen LogP contribution in [0.15, 0.2) is 0 Å². The van der Waals surface area contributed by atoms with E-state index in [0.29, 0.717) is 12.1 Å². The van der Waals surface area contributed by atoms with Gasteiger partial charge in [-0.25, -0.2) is 0 Å². The molecule has 4 atom stereocenters. The molecule has 2 aliphatic rings. The second-order valence-corrected chi connectivity index (χ2v) is 7.10. The summed E-state index contributed by atoms with van der Waals surface area (Å²) in [5.74, 6) is 0.955. The van der Waals surface area contributed by atoms with Gasteiger partial charge in [-0.05, 0) is 45.4 Å². The topological polar surface area (TPSA) is 35.5 Å². The van der Waals surface area contributed by atoms with E-state index in [0.717, 1.165) is 18.4 Å². The van der Waals surface area contributed by atoms with Gasteiger partial charge in [0.25, 0.3) is 0 Å². The summed E-state index contributed by atoms with van der Waals surface area (Å²) in [6.45, 7) is 10.3. The van der Waals surface area contributed by atoms with Gasteiger partial charge in [0.2, 0.25) is 0 Å². The van der Waals surface area contributed by atoms with Crippen LogP contribution in [0.5, 0.6) is 0 Å². The zero-order chi connectivity index (χ0) is 13.3. The number of nitrogens with one attached hydrogen (secondary N) is 1. The molecule has 106 valence electrons. The first-order chi connectivity index (χ1) is 8.43. The van der Waals surface area contributed by atoms with Gasteiger partial charge >= 0.3 is 0 Å². The average Bonchev–Trinajstić information content (AvgIpc) is 2.89. The van der Waals surface area contributed by atoms with Crippen LogP contribution in [0, 0.1) is 5.92 Å². The highest BCUT2D eigenvalue weighted by atomic mass is 16.3. The van der Waals surface area contributed by atoms with Crippen LogP contribution in [-0.4, -0.2) is 46.8 Å². The smallest absolute Gasteiger partial charge is 0.0611 e. The monoisotopic (exact) mass is 254 g/mol. The zero-order valence-corrected chi connectivity index (χ0v) is 12.4. The minimum Gasteiger partial charge on any atom is -0.394 e. The minimum atomic E-state index is -0.143. The number of hydrogen-bond acceptors (Lipinski definition) is 3. The molecule has 1 aliphatic heterocycles. The van der Waals surface area contributed by atoms with Crippen molar-refractivity contribution >= 4 is 0 Å². The predicted octanol–water partition coefficient (Wildman–Crippen LogP) is 2.00. The molecule has 0 aromatic rings. The number of piperidine rings is 1. The van der Waals surface area contributed by atoms with Gasteiger partial charge in [0.05, 0.1) is 6.61 Å². The summed E-state index contributed by atoms with van der Waals surface area (Å²) < 4.78 is 0. The highest BCUT2D eigenvalue weighted by molar-refractivity contribution is 4.97. The summed E-state index contributed by atoms with van der Waals surface area (Å²) >= 11 is 0. The first kappa shape index (κ1) is 14.3. The van der Waals surface area contributed by atoms with Crippen LogP contribution in [0.2, 0.25) is 0 Å². The summed E-state index contributed by atoms with van der Waals surface area (Å²) in [6.07, 6.45) is 5.28. The molecule has 1 saturated heterocycles. The Kier molecular flexibility index (Phi) is 4.35. The normalized spacial score (nSPS) is 33.0. The van der Waals surface area contributed by atoms with E-state index in [2.05, 4.69) is 37.9 Å². The number of fused-ring (bicyclic) bond motifs is 2. The third-order valence-corrected chi connectivity index (χ3v) is 4.75. The Bertz CT molecular complexity index is 282. The van der Waals surface area contributed by atoms with Crippen LogP contribution in [0.25, 0.3) is 0 Å². The number of likely N-dealkylation sites (tertiary alicyclic amines) is 1. The molecule has 0 spiro atoms. The van der Waals surface area contributed by atoms with E-state index < -0.39 is 0 Å². The molecule has 1 aliphatic carbocycles. The third-order valence-electron chi connectivity index (χ3n) is 4.75. The lowest BCUT2D eigenvalue weighted by Gasteiger charge is -2.39. The highest BCUT2D eigenvalue weighted by Gasteiger charge is 2.41. The molecule has 1 saturated carbocycles. The minimum absolute atomic E-state index is 0.143. The molecule has 2 N–H and O–H groups in total. The van der Waals surface area contributed by atoms with E-state index in [-0.39, 0.29) is 12.1 Å². The molecule has 2 fully saturated rings. The summed E-state index contributed by atoms with van der Waals surface area (Å²) in [5, 5.41) is 13.2. The Hall–Kier alpha value is -0.120. The van der Waals surface area contributed by atoms with Crippen molar-refractivity contribution in [3.8, 4) is 0 Å². The van der Waals surface area contributed by atoms with Gasteiger partial charge in [0.1, 0.15) is 0 Å². The molecule has 2 bridgehead atoms. The lowest BCUT2D eigenvalue weighted by Crippen LogP contribution is -2.53. The summed E-state index contributed by atoms with van der Waals surface area (Å²) in [4.78, 5) is 2.68. The standard InChI is InChI=1S/C15H30N2O/c1-11(2)16-15(4,10-18)8-12(3)17-9-13-5-6-14(17)7-13/h11-14,16,18H,5-10H2,1-4H3. The second kappa shape index (κ2) is 5.48. The van der Waals surface area contributed by atoms with Crippen LogP contribution in [0.3, 0.4) is 0 Å². The summed E-state index contributed by atoms with van der Waals surface area (Å²) in [7, 11) is 0. The van der Waals surface area contributed by atoms with Gasteiger partial charge in [0.15, 0.2) is 0 Å². The van der Waals surface area contributed by atoms with Crippen molar-refractivity contribution in [1.29, 1.82) is 0 Å². The Morgan fingerprint density at radius 3 is 2.50 bits per heavy atom. The second-order valence-electron chi connectivity index (χ2n) is 7.10. The summed E-state index contributed by atoms with van der Waals surface area (Å²) in [5.41, 5.74) is -0.143. The number of aliphatic hydroxyl groups excluding tert-OH is 1. The van der Waals surface area contributed by atoms with Crippen LogP contribution in [0.1, 0.15) is 53.4 Å². The lowest BCUT2D eigenvalue weighted by atomic mass is 9.92. The maximum absolute atomic E-state index is 9.68. The SMILES string of the molecule is CC(C)NC(C)(CO)CC(C)N1CC2CCC1C2. The number of aliphatic hydroxyl groups is 1. The number of rotatable bonds is 6. The first-order valence-corrected chi connectivity index (χ1v) is 7.58. The Morgan fingerprint density at radius 2 is 2.06 bits per heavy atom. The van der Waals surface area contributed by atoms with Crippen molar-refractivity contribution in [3.05, 3.63) is 0 Å². The van der Waals surface area contributed by atoms with E-state index in [9.17, 15) is 5.11 Å². The predicted molar refractivity (Wildman–Crippen MR) is 75.7 cm³/mol. The van der Waals surface area contributed by atoms with Gasteiger partial charge in [-0.2, -0.15) is 0 Å². The Labute approximate surface area is 112 Å². The van der Waals surface area contributed by atoms with E-state index >= 15 is 0 Å². The first-order valence-electron chi connectivity index (χ1n) is 7.58. The van der Waals surface area contributed by atoms with Gasteiger partial charge < -0.3 is 10.4 Å². The molecule has 4 unspecified atom stereocenters. The maximum Gasteiger partial charge on any atom is 0.0611 e. The van der Waals surface area contributed by atoms with Crippen molar-refractivity contribution in [2.24, 2.45) is 5.92 Å². The fourth-order valence-electron chi connectivity index (χ4n) is 4.14. The van der Waals surface area contributed by atoms with Gasteiger partial charge in [-0.1, -0.05) is 13.8 Å². The fraction of sp³-hybridized carbons (Fsp3) is 1.00. The van der Waals surface area contributed by atoms with Crippen molar-refractivity contribution < 1.29 is 5.11 Å². The van der Waals surface area contributed by atoms with E-state index in [1.54, 1.807) is 0 Å². The highest BCUT2D eigenvalue weighted by Crippen LogP contribution is 2.39. The zero-order valence-electron chi connectivity index (χ0n) is 12.4. The molecule has 0 aromatic carbocycles. The number of nitrogens with zero attached hydrogens (tertiary/aromatic N) is 1. The Morgan fingerprint density at radius 1 is 1.33 bits per heavy atom. The van der Waals surface area contributed by atoms with E-state index in [4.69, 9.17) is 0 Å². The molecule has 0 radical (unpaired) electrons. The van der Waals surface area contributed by atoms with Gasteiger partial charge in [-0.15, -0.1) is 0 Å².